The lowest BCUT2D eigenvalue weighted by molar-refractivity contribution is 0.276. The summed E-state index contributed by atoms with van der Waals surface area (Å²) in [6, 6.07) is 0.402. The summed E-state index contributed by atoms with van der Waals surface area (Å²) in [5, 5.41) is 12.1. The second-order valence-electron chi connectivity index (χ2n) is 4.75. The van der Waals surface area contributed by atoms with Gasteiger partial charge in [-0.05, 0) is 19.3 Å². The van der Waals surface area contributed by atoms with Gasteiger partial charge in [0, 0.05) is 25.7 Å². The summed E-state index contributed by atoms with van der Waals surface area (Å²) in [6.07, 6.45) is 3.89. The number of piperidine rings is 1. The molecular weight excluding hydrogens is 247 g/mol. The zero-order chi connectivity index (χ0) is 13.7. The van der Waals surface area contributed by atoms with Crippen LogP contribution in [-0.4, -0.2) is 47.4 Å². The van der Waals surface area contributed by atoms with Crippen LogP contribution in [0.2, 0.25) is 0 Å². The third kappa shape index (κ3) is 3.39. The second-order valence-corrected chi connectivity index (χ2v) is 4.75. The van der Waals surface area contributed by atoms with Crippen molar-refractivity contribution in [2.24, 2.45) is 0 Å². The Labute approximate surface area is 112 Å². The van der Waals surface area contributed by atoms with E-state index in [2.05, 4.69) is 15.3 Å². The van der Waals surface area contributed by atoms with Gasteiger partial charge < -0.3 is 15.3 Å². The van der Waals surface area contributed by atoms with Gasteiger partial charge in [0.15, 0.2) is 11.6 Å². The van der Waals surface area contributed by atoms with Gasteiger partial charge in [0.1, 0.15) is 6.33 Å². The number of aliphatic hydroxyl groups excluding tert-OH is 1. The van der Waals surface area contributed by atoms with Gasteiger partial charge in [-0.1, -0.05) is 6.92 Å². The Morgan fingerprint density at radius 2 is 2.16 bits per heavy atom. The van der Waals surface area contributed by atoms with Crippen LogP contribution in [0.15, 0.2) is 6.33 Å². The van der Waals surface area contributed by atoms with E-state index in [4.69, 9.17) is 5.11 Å². The predicted octanol–water partition coefficient (Wildman–Crippen LogP) is 0.729. The molecule has 0 bridgehead atoms. The van der Waals surface area contributed by atoms with Gasteiger partial charge in [0.2, 0.25) is 0 Å². The summed E-state index contributed by atoms with van der Waals surface area (Å²) in [6.45, 7) is 4.22. The molecule has 1 aliphatic heterocycles. The molecule has 1 aliphatic rings. The molecule has 19 heavy (non-hydrogen) atoms. The summed E-state index contributed by atoms with van der Waals surface area (Å²) in [7, 11) is 0. The topological polar surface area (TPSA) is 61.3 Å². The van der Waals surface area contributed by atoms with E-state index in [9.17, 15) is 4.39 Å². The molecule has 0 unspecified atom stereocenters. The molecule has 106 valence electrons. The molecule has 5 nitrogen and oxygen atoms in total. The fourth-order valence-corrected chi connectivity index (χ4v) is 2.43. The van der Waals surface area contributed by atoms with Crippen molar-refractivity contribution in [1.29, 1.82) is 0 Å². The Morgan fingerprint density at radius 3 is 2.79 bits per heavy atom. The Bertz CT molecular complexity index is 408. The Kier molecular flexibility index (Phi) is 5.04. The third-order valence-corrected chi connectivity index (χ3v) is 3.52. The summed E-state index contributed by atoms with van der Waals surface area (Å²) in [4.78, 5) is 10.0. The number of aryl methyl sites for hydroxylation is 1. The van der Waals surface area contributed by atoms with E-state index in [-0.39, 0.29) is 12.4 Å². The largest absolute Gasteiger partial charge is 0.395 e. The number of anilines is 1. The van der Waals surface area contributed by atoms with Gasteiger partial charge in [-0.2, -0.15) is 0 Å². The number of hydrogen-bond donors (Lipinski definition) is 2. The molecule has 0 atom stereocenters. The maximum absolute atomic E-state index is 14.1. The van der Waals surface area contributed by atoms with Crippen molar-refractivity contribution in [3.8, 4) is 0 Å². The van der Waals surface area contributed by atoms with Crippen molar-refractivity contribution in [2.45, 2.75) is 32.2 Å². The monoisotopic (exact) mass is 268 g/mol. The standard InChI is InChI=1S/C13H21FN4O/c1-2-11-12(14)13(17-9-16-11)18-6-3-10(4-7-18)15-5-8-19/h9-10,15,19H,2-8H2,1H3. The van der Waals surface area contributed by atoms with Crippen LogP contribution in [-0.2, 0) is 6.42 Å². The quantitative estimate of drug-likeness (QED) is 0.824. The van der Waals surface area contributed by atoms with E-state index in [1.807, 2.05) is 11.8 Å². The van der Waals surface area contributed by atoms with Crippen LogP contribution in [0.4, 0.5) is 10.2 Å². The maximum atomic E-state index is 14.1. The second kappa shape index (κ2) is 6.77. The van der Waals surface area contributed by atoms with Gasteiger partial charge in [-0.15, -0.1) is 0 Å². The number of aliphatic hydroxyl groups is 1. The number of halogens is 1. The number of rotatable bonds is 5. The molecule has 0 aliphatic carbocycles. The van der Waals surface area contributed by atoms with Crippen LogP contribution in [0.3, 0.4) is 0 Å². The van der Waals surface area contributed by atoms with Gasteiger partial charge in [-0.3, -0.25) is 0 Å². The molecule has 2 rings (SSSR count). The van der Waals surface area contributed by atoms with Crippen molar-refractivity contribution in [3.63, 3.8) is 0 Å². The Morgan fingerprint density at radius 1 is 1.42 bits per heavy atom. The average molecular weight is 268 g/mol. The SMILES string of the molecule is CCc1ncnc(N2CCC(NCCO)CC2)c1F. The number of nitrogens with one attached hydrogen (secondary N) is 1. The lowest BCUT2D eigenvalue weighted by atomic mass is 10.0. The molecule has 0 aromatic carbocycles. The van der Waals surface area contributed by atoms with E-state index in [0.29, 0.717) is 30.5 Å². The van der Waals surface area contributed by atoms with E-state index in [1.54, 1.807) is 0 Å². The molecule has 0 spiro atoms. The zero-order valence-corrected chi connectivity index (χ0v) is 11.3. The lowest BCUT2D eigenvalue weighted by Crippen LogP contribution is -2.44. The fraction of sp³-hybridized carbons (Fsp3) is 0.692. The molecule has 1 saturated heterocycles. The molecule has 2 N–H and O–H groups in total. The summed E-state index contributed by atoms with van der Waals surface area (Å²) >= 11 is 0. The van der Waals surface area contributed by atoms with Gasteiger partial charge in [0.05, 0.1) is 12.3 Å². The lowest BCUT2D eigenvalue weighted by Gasteiger charge is -2.33. The van der Waals surface area contributed by atoms with Crippen molar-refractivity contribution in [3.05, 3.63) is 17.8 Å². The molecule has 1 aromatic rings. The van der Waals surface area contributed by atoms with E-state index < -0.39 is 0 Å². The smallest absolute Gasteiger partial charge is 0.187 e. The predicted molar refractivity (Wildman–Crippen MR) is 71.7 cm³/mol. The van der Waals surface area contributed by atoms with Crippen molar-refractivity contribution in [1.82, 2.24) is 15.3 Å². The minimum Gasteiger partial charge on any atom is -0.395 e. The molecule has 6 heteroatoms. The van der Waals surface area contributed by atoms with Crippen LogP contribution in [0.1, 0.15) is 25.5 Å². The zero-order valence-electron chi connectivity index (χ0n) is 11.3. The van der Waals surface area contributed by atoms with Crippen LogP contribution in [0.5, 0.6) is 0 Å². The molecule has 0 radical (unpaired) electrons. The van der Waals surface area contributed by atoms with Crippen LogP contribution >= 0.6 is 0 Å². The molecule has 0 amide bonds. The number of hydrogen-bond acceptors (Lipinski definition) is 5. The fourth-order valence-electron chi connectivity index (χ4n) is 2.43. The van der Waals surface area contributed by atoms with E-state index in [0.717, 1.165) is 25.9 Å². The highest BCUT2D eigenvalue weighted by Gasteiger charge is 2.22. The first-order valence-electron chi connectivity index (χ1n) is 6.84. The number of aromatic nitrogens is 2. The van der Waals surface area contributed by atoms with E-state index >= 15 is 0 Å². The highest BCUT2D eigenvalue weighted by Crippen LogP contribution is 2.22. The van der Waals surface area contributed by atoms with Crippen molar-refractivity contribution < 1.29 is 9.50 Å². The van der Waals surface area contributed by atoms with E-state index in [1.165, 1.54) is 6.33 Å². The number of nitrogens with zero attached hydrogens (tertiary/aromatic N) is 3. The first-order valence-corrected chi connectivity index (χ1v) is 6.84. The Hall–Kier alpha value is -1.27. The van der Waals surface area contributed by atoms with Gasteiger partial charge in [-0.25, -0.2) is 14.4 Å². The average Bonchev–Trinajstić information content (AvgIpc) is 2.46. The third-order valence-electron chi connectivity index (χ3n) is 3.52. The van der Waals surface area contributed by atoms with Crippen LogP contribution < -0.4 is 10.2 Å². The molecular formula is C13H21FN4O. The highest BCUT2D eigenvalue weighted by molar-refractivity contribution is 5.41. The Balaban J connectivity index is 1.98. The highest BCUT2D eigenvalue weighted by atomic mass is 19.1. The molecule has 1 aromatic heterocycles. The molecule has 1 fully saturated rings. The van der Waals surface area contributed by atoms with Gasteiger partial charge >= 0.3 is 0 Å². The first-order chi connectivity index (χ1) is 9.26. The first kappa shape index (κ1) is 14.1. The van der Waals surface area contributed by atoms with Crippen LogP contribution in [0, 0.1) is 5.82 Å². The van der Waals surface area contributed by atoms with Crippen molar-refractivity contribution in [2.75, 3.05) is 31.1 Å². The summed E-state index contributed by atoms with van der Waals surface area (Å²) in [5.41, 5.74) is 0.477. The summed E-state index contributed by atoms with van der Waals surface area (Å²) in [5.74, 6) is 0.138. The van der Waals surface area contributed by atoms with Crippen molar-refractivity contribution >= 4 is 5.82 Å². The molecule has 2 heterocycles. The maximum Gasteiger partial charge on any atom is 0.187 e. The minimum absolute atomic E-state index is 0.153. The molecule has 0 saturated carbocycles. The van der Waals surface area contributed by atoms with Crippen LogP contribution in [0.25, 0.3) is 0 Å². The minimum atomic E-state index is -0.285. The summed E-state index contributed by atoms with van der Waals surface area (Å²) < 4.78 is 14.1. The normalized spacial score (nSPS) is 16.9. The van der Waals surface area contributed by atoms with Gasteiger partial charge in [0.25, 0.3) is 0 Å².